The fourth-order valence-electron chi connectivity index (χ4n) is 2.50. The van der Waals surface area contributed by atoms with E-state index in [1.165, 1.54) is 0 Å². The van der Waals surface area contributed by atoms with Crippen molar-refractivity contribution in [1.82, 2.24) is 10.6 Å². The summed E-state index contributed by atoms with van der Waals surface area (Å²) >= 11 is 0. The van der Waals surface area contributed by atoms with Gasteiger partial charge in [0.2, 0.25) is 0 Å². The van der Waals surface area contributed by atoms with Crippen LogP contribution in [-0.2, 0) is 25.5 Å². The van der Waals surface area contributed by atoms with Crippen molar-refractivity contribution in [2.75, 3.05) is 0 Å². The number of carbonyl (C=O) groups excluding carboxylic acids is 3. The molecule has 1 aliphatic rings. The lowest BCUT2D eigenvalue weighted by molar-refractivity contribution is -0.308. The zero-order chi connectivity index (χ0) is 20.1. The second-order valence-electron chi connectivity index (χ2n) is 5.93. The molecule has 1 heterocycles. The van der Waals surface area contributed by atoms with Crippen LogP contribution in [0.25, 0.3) is 0 Å². The molecule has 0 aromatic heterocycles. The molecule has 1 aromatic carbocycles. The number of amides is 2. The number of benzene rings is 1. The number of hydrogen-bond donors (Lipinski definition) is 6. The van der Waals surface area contributed by atoms with Gasteiger partial charge in [-0.2, -0.15) is 0 Å². The number of carboxylic acid groups (broad SMARTS) is 1. The number of carbonyl (C=O) groups is 3. The van der Waals surface area contributed by atoms with Crippen molar-refractivity contribution >= 4 is 17.8 Å². The Balaban J connectivity index is 1.99. The zero-order valence-corrected chi connectivity index (χ0v) is 13.9. The molecule has 1 saturated heterocycles. The summed E-state index contributed by atoms with van der Waals surface area (Å²) in [7, 11) is 0. The highest BCUT2D eigenvalue weighted by molar-refractivity contribution is 6.35. The minimum absolute atomic E-state index is 0.134. The van der Waals surface area contributed by atoms with Crippen molar-refractivity contribution in [3.63, 3.8) is 0 Å². The Labute approximate surface area is 153 Å². The van der Waals surface area contributed by atoms with Crippen LogP contribution in [0.15, 0.2) is 30.3 Å². The van der Waals surface area contributed by atoms with Crippen molar-refractivity contribution in [3.05, 3.63) is 35.9 Å². The average Bonchev–Trinajstić information content (AvgIpc) is 2.63. The number of hydrogen-bond acceptors (Lipinski definition) is 9. The molecule has 0 radical (unpaired) electrons. The molecule has 2 rings (SSSR count). The van der Waals surface area contributed by atoms with Gasteiger partial charge in [-0.25, -0.2) is 0 Å². The number of rotatable bonds is 5. The maximum Gasteiger partial charge on any atom is 0.309 e. The number of nitrogens with one attached hydrogen (secondary N) is 2. The third-order valence-corrected chi connectivity index (χ3v) is 3.97. The lowest BCUT2D eigenvalue weighted by Gasteiger charge is -2.38. The number of ether oxygens (including phenoxy) is 1. The second-order valence-corrected chi connectivity index (χ2v) is 5.93. The SMILES string of the molecule is O=C(N[C@@H]1[C@H](O)[C@H](O)[C@@H](O)O[C@H]1O)C(=O)N[C@@H](Cc1ccccc1)C(=O)[O-]. The van der Waals surface area contributed by atoms with Gasteiger partial charge in [-0.3, -0.25) is 9.59 Å². The molecule has 1 aromatic rings. The Morgan fingerprint density at radius 2 is 1.63 bits per heavy atom. The smallest absolute Gasteiger partial charge is 0.309 e. The summed E-state index contributed by atoms with van der Waals surface area (Å²) in [6, 6.07) is 5.18. The summed E-state index contributed by atoms with van der Waals surface area (Å²) in [5.41, 5.74) is 0.580. The van der Waals surface area contributed by atoms with Gasteiger partial charge < -0.3 is 45.7 Å². The van der Waals surface area contributed by atoms with Crippen LogP contribution in [0.2, 0.25) is 0 Å². The summed E-state index contributed by atoms with van der Waals surface area (Å²) in [6.07, 6.45) is -7.59. The Kier molecular flexibility index (Phi) is 6.82. The van der Waals surface area contributed by atoms with Crippen LogP contribution in [0, 0.1) is 0 Å². The molecule has 27 heavy (non-hydrogen) atoms. The van der Waals surface area contributed by atoms with E-state index in [-0.39, 0.29) is 6.42 Å². The van der Waals surface area contributed by atoms with Crippen LogP contribution in [-0.4, -0.2) is 75.1 Å². The van der Waals surface area contributed by atoms with Crippen molar-refractivity contribution in [1.29, 1.82) is 0 Å². The fraction of sp³-hybridized carbons (Fsp3) is 0.438. The number of carboxylic acids is 1. The predicted molar refractivity (Wildman–Crippen MR) is 84.1 cm³/mol. The van der Waals surface area contributed by atoms with Gasteiger partial charge >= 0.3 is 11.8 Å². The van der Waals surface area contributed by atoms with Gasteiger partial charge in [0.25, 0.3) is 0 Å². The third-order valence-electron chi connectivity index (χ3n) is 3.97. The molecular formula is C16H19N2O9-. The highest BCUT2D eigenvalue weighted by Crippen LogP contribution is 2.18. The van der Waals surface area contributed by atoms with Crippen LogP contribution in [0.3, 0.4) is 0 Å². The van der Waals surface area contributed by atoms with E-state index < -0.39 is 54.7 Å². The average molecular weight is 383 g/mol. The first-order valence-corrected chi connectivity index (χ1v) is 7.94. The van der Waals surface area contributed by atoms with Crippen molar-refractivity contribution in [2.45, 2.75) is 43.3 Å². The molecule has 0 saturated carbocycles. The summed E-state index contributed by atoms with van der Waals surface area (Å²) in [5.74, 6) is -4.36. The van der Waals surface area contributed by atoms with Crippen molar-refractivity contribution < 1.29 is 44.7 Å². The minimum atomic E-state index is -1.91. The van der Waals surface area contributed by atoms with E-state index in [0.717, 1.165) is 0 Å². The molecule has 11 heteroatoms. The molecule has 1 fully saturated rings. The van der Waals surface area contributed by atoms with E-state index in [9.17, 15) is 39.9 Å². The first kappa shape index (κ1) is 20.7. The first-order chi connectivity index (χ1) is 12.7. The molecule has 0 unspecified atom stereocenters. The summed E-state index contributed by atoms with van der Waals surface area (Å²) < 4.78 is 4.51. The van der Waals surface area contributed by atoms with Crippen LogP contribution in [0.4, 0.5) is 0 Å². The van der Waals surface area contributed by atoms with E-state index >= 15 is 0 Å². The molecular weight excluding hydrogens is 364 g/mol. The van der Waals surface area contributed by atoms with E-state index in [4.69, 9.17) is 0 Å². The molecule has 148 valence electrons. The van der Waals surface area contributed by atoms with Crippen LogP contribution < -0.4 is 15.7 Å². The number of aliphatic carboxylic acids is 1. The normalized spacial score (nSPS) is 28.8. The number of aliphatic hydroxyl groups is 4. The van der Waals surface area contributed by atoms with Gasteiger partial charge in [-0.05, 0) is 12.0 Å². The Bertz CT molecular complexity index is 684. The van der Waals surface area contributed by atoms with Crippen LogP contribution in [0.1, 0.15) is 5.56 Å². The van der Waals surface area contributed by atoms with Gasteiger partial charge in [-0.15, -0.1) is 0 Å². The van der Waals surface area contributed by atoms with Gasteiger partial charge in [0.05, 0.1) is 12.0 Å². The van der Waals surface area contributed by atoms with Crippen LogP contribution >= 0.6 is 0 Å². The topological polar surface area (TPSA) is 188 Å². The molecule has 0 aliphatic carbocycles. The van der Waals surface area contributed by atoms with Crippen LogP contribution in [0.5, 0.6) is 0 Å². The second kappa shape index (κ2) is 8.88. The fourth-order valence-corrected chi connectivity index (χ4v) is 2.50. The Morgan fingerprint density at radius 3 is 2.22 bits per heavy atom. The van der Waals surface area contributed by atoms with Crippen molar-refractivity contribution in [2.24, 2.45) is 0 Å². The van der Waals surface area contributed by atoms with E-state index in [1.807, 2.05) is 10.6 Å². The number of aliphatic hydroxyl groups excluding tert-OH is 4. The van der Waals surface area contributed by atoms with Gasteiger partial charge in [0.15, 0.2) is 12.6 Å². The Hall–Kier alpha value is -2.57. The van der Waals surface area contributed by atoms with Gasteiger partial charge in [0.1, 0.15) is 18.2 Å². The highest BCUT2D eigenvalue weighted by atomic mass is 16.7. The van der Waals surface area contributed by atoms with E-state index in [1.54, 1.807) is 30.3 Å². The van der Waals surface area contributed by atoms with Gasteiger partial charge in [0, 0.05) is 0 Å². The monoisotopic (exact) mass is 383 g/mol. The maximum absolute atomic E-state index is 12.0. The molecule has 11 nitrogen and oxygen atoms in total. The highest BCUT2D eigenvalue weighted by Gasteiger charge is 2.44. The molecule has 0 bridgehead atoms. The standard InChI is InChI=1S/C16H20N2O9/c19-10-9(15(25)27-16(26)11(10)20)18-13(22)12(21)17-8(14(23)24)6-7-4-2-1-3-5-7/h1-5,8-11,15-16,19-20,25-26H,6H2,(H,17,21)(H,18,22)(H,23,24)/p-1/t8-,9+,10-,11-,15+,16-/m0/s1. The van der Waals surface area contributed by atoms with Gasteiger partial charge in [-0.1, -0.05) is 30.3 Å². The third kappa shape index (κ3) is 5.21. The molecule has 6 atom stereocenters. The lowest BCUT2D eigenvalue weighted by Crippen LogP contribution is -2.65. The van der Waals surface area contributed by atoms with Crippen molar-refractivity contribution in [3.8, 4) is 0 Å². The minimum Gasteiger partial charge on any atom is -0.548 e. The van der Waals surface area contributed by atoms with E-state index in [0.29, 0.717) is 5.56 Å². The molecule has 6 N–H and O–H groups in total. The first-order valence-electron chi connectivity index (χ1n) is 7.94. The molecule has 2 amide bonds. The zero-order valence-electron chi connectivity index (χ0n) is 13.9. The predicted octanol–water partition coefficient (Wildman–Crippen LogP) is -4.66. The quantitative estimate of drug-likeness (QED) is 0.272. The summed E-state index contributed by atoms with van der Waals surface area (Å²) in [6.45, 7) is 0. The molecule has 1 aliphatic heterocycles. The summed E-state index contributed by atoms with van der Waals surface area (Å²) in [4.78, 5) is 35.1. The maximum atomic E-state index is 12.0. The summed E-state index contributed by atoms with van der Waals surface area (Å²) in [5, 5.41) is 53.2. The largest absolute Gasteiger partial charge is 0.548 e. The van der Waals surface area contributed by atoms with E-state index in [2.05, 4.69) is 4.74 Å². The molecule has 0 spiro atoms. The lowest BCUT2D eigenvalue weighted by atomic mass is 10.0. The Morgan fingerprint density at radius 1 is 1.00 bits per heavy atom.